The van der Waals surface area contributed by atoms with Crippen LogP contribution in [0.3, 0.4) is 0 Å². The van der Waals surface area contributed by atoms with Crippen LogP contribution in [0.5, 0.6) is 0 Å². The lowest BCUT2D eigenvalue weighted by Gasteiger charge is -2.25. The third-order valence-electron chi connectivity index (χ3n) is 5.60. The fraction of sp³-hybridized carbons (Fsp3) is 0.889. The van der Waals surface area contributed by atoms with Crippen LogP contribution in [0.25, 0.3) is 0 Å². The van der Waals surface area contributed by atoms with Gasteiger partial charge in [0.1, 0.15) is 0 Å². The van der Waals surface area contributed by atoms with Gasteiger partial charge in [-0.05, 0) is 37.1 Å². The van der Waals surface area contributed by atoms with Crippen molar-refractivity contribution in [2.75, 3.05) is 0 Å². The molecule has 0 aromatic carbocycles. The van der Waals surface area contributed by atoms with Crippen LogP contribution in [0.1, 0.15) is 52.4 Å². The molecule has 0 aromatic rings. The molecule has 0 bridgehead atoms. The highest BCUT2D eigenvalue weighted by Gasteiger charge is 2.49. The van der Waals surface area contributed by atoms with Crippen molar-refractivity contribution >= 4 is 8.80 Å². The van der Waals surface area contributed by atoms with E-state index in [1.807, 2.05) is 13.0 Å². The molecule has 3 nitrogen and oxygen atoms in total. The van der Waals surface area contributed by atoms with E-state index < -0.39 is 20.7 Å². The molecule has 2 aliphatic rings. The summed E-state index contributed by atoms with van der Waals surface area (Å²) in [5, 5.41) is 20.3. The summed E-state index contributed by atoms with van der Waals surface area (Å²) in [5.41, 5.74) is 0.0270. The maximum Gasteiger partial charge on any atom is 0.155 e. The Balaban J connectivity index is 2.02. The lowest BCUT2D eigenvalue weighted by molar-refractivity contribution is -0.0906. The van der Waals surface area contributed by atoms with Gasteiger partial charge in [0.25, 0.3) is 0 Å². The molecule has 0 amide bonds. The SMILES string of the molecule is CCCCCC(C)(O)/C=C/[C@@H]1C2CC(O)O[C@H]2CC1[SiH](C)C. The van der Waals surface area contributed by atoms with Gasteiger partial charge < -0.3 is 14.9 Å². The van der Waals surface area contributed by atoms with Gasteiger partial charge >= 0.3 is 0 Å². The van der Waals surface area contributed by atoms with Gasteiger partial charge in [-0.3, -0.25) is 0 Å². The molecule has 4 heteroatoms. The number of fused-ring (bicyclic) bond motifs is 1. The molecule has 2 fully saturated rings. The summed E-state index contributed by atoms with van der Waals surface area (Å²) >= 11 is 0. The number of ether oxygens (including phenoxy) is 1. The molecule has 0 aromatic heterocycles. The molecule has 2 rings (SSSR count). The van der Waals surface area contributed by atoms with Crippen molar-refractivity contribution in [3.05, 3.63) is 12.2 Å². The van der Waals surface area contributed by atoms with E-state index in [4.69, 9.17) is 4.74 Å². The van der Waals surface area contributed by atoms with Crippen molar-refractivity contribution in [2.24, 2.45) is 11.8 Å². The fourth-order valence-electron chi connectivity index (χ4n) is 4.26. The first-order valence-corrected chi connectivity index (χ1v) is 12.1. The van der Waals surface area contributed by atoms with Crippen LogP contribution in [0.4, 0.5) is 0 Å². The third kappa shape index (κ3) is 4.44. The van der Waals surface area contributed by atoms with Gasteiger partial charge in [0, 0.05) is 15.2 Å². The van der Waals surface area contributed by atoms with Crippen LogP contribution in [0.2, 0.25) is 18.6 Å². The maximum atomic E-state index is 10.6. The van der Waals surface area contributed by atoms with Crippen molar-refractivity contribution in [3.63, 3.8) is 0 Å². The molecule has 1 heterocycles. The van der Waals surface area contributed by atoms with E-state index in [-0.39, 0.29) is 6.10 Å². The van der Waals surface area contributed by atoms with E-state index in [9.17, 15) is 10.2 Å². The van der Waals surface area contributed by atoms with Crippen LogP contribution in [-0.4, -0.2) is 37.0 Å². The highest BCUT2D eigenvalue weighted by Crippen LogP contribution is 2.51. The third-order valence-corrected chi connectivity index (χ3v) is 8.03. The Bertz CT molecular complexity index is 381. The number of aliphatic hydroxyl groups excluding tert-OH is 1. The topological polar surface area (TPSA) is 49.7 Å². The Hall–Kier alpha value is -0.163. The molecule has 128 valence electrons. The predicted molar refractivity (Wildman–Crippen MR) is 93.6 cm³/mol. The van der Waals surface area contributed by atoms with Gasteiger partial charge in [0.05, 0.1) is 11.7 Å². The summed E-state index contributed by atoms with van der Waals surface area (Å²) in [6.45, 7) is 8.92. The first kappa shape index (κ1) is 18.2. The van der Waals surface area contributed by atoms with E-state index in [1.165, 1.54) is 12.8 Å². The van der Waals surface area contributed by atoms with E-state index in [0.29, 0.717) is 11.8 Å². The summed E-state index contributed by atoms with van der Waals surface area (Å²) in [4.78, 5) is 0. The van der Waals surface area contributed by atoms with E-state index >= 15 is 0 Å². The highest BCUT2D eigenvalue weighted by atomic mass is 28.3. The Morgan fingerprint density at radius 2 is 2.00 bits per heavy atom. The molecule has 1 saturated heterocycles. The summed E-state index contributed by atoms with van der Waals surface area (Å²) in [7, 11) is -0.766. The Kier molecular flexibility index (Phi) is 6.28. The molecule has 1 saturated carbocycles. The summed E-state index contributed by atoms with van der Waals surface area (Å²) < 4.78 is 5.69. The largest absolute Gasteiger partial charge is 0.386 e. The summed E-state index contributed by atoms with van der Waals surface area (Å²) in [6.07, 6.45) is 10.1. The van der Waals surface area contributed by atoms with Crippen LogP contribution in [0, 0.1) is 11.8 Å². The predicted octanol–water partition coefficient (Wildman–Crippen LogP) is 3.47. The second-order valence-corrected chi connectivity index (χ2v) is 11.3. The molecule has 1 aliphatic heterocycles. The van der Waals surface area contributed by atoms with Crippen molar-refractivity contribution in [1.82, 2.24) is 0 Å². The first-order valence-electron chi connectivity index (χ1n) is 9.09. The smallest absolute Gasteiger partial charge is 0.155 e. The average Bonchev–Trinajstić information content (AvgIpc) is 2.93. The number of hydrogen-bond donors (Lipinski definition) is 2. The number of rotatable bonds is 7. The second kappa shape index (κ2) is 7.60. The van der Waals surface area contributed by atoms with Crippen molar-refractivity contribution in [2.45, 2.75) is 89.0 Å². The van der Waals surface area contributed by atoms with Gasteiger partial charge in [-0.15, -0.1) is 0 Å². The van der Waals surface area contributed by atoms with E-state index in [0.717, 1.165) is 31.2 Å². The Morgan fingerprint density at radius 3 is 2.64 bits per heavy atom. The van der Waals surface area contributed by atoms with Crippen LogP contribution >= 0.6 is 0 Å². The molecule has 1 aliphatic carbocycles. The quantitative estimate of drug-likeness (QED) is 0.428. The summed E-state index contributed by atoms with van der Waals surface area (Å²) in [6, 6.07) is 0. The normalized spacial score (nSPS) is 37.9. The number of allylic oxidation sites excluding steroid dienone is 1. The maximum absolute atomic E-state index is 10.6. The van der Waals surface area contributed by atoms with Crippen molar-refractivity contribution in [3.8, 4) is 0 Å². The van der Waals surface area contributed by atoms with Crippen molar-refractivity contribution < 1.29 is 14.9 Å². The Morgan fingerprint density at radius 1 is 1.27 bits per heavy atom. The molecule has 0 radical (unpaired) electrons. The van der Waals surface area contributed by atoms with Crippen molar-refractivity contribution in [1.29, 1.82) is 0 Å². The van der Waals surface area contributed by atoms with Gasteiger partial charge in [0.2, 0.25) is 0 Å². The molecule has 6 atom stereocenters. The minimum atomic E-state index is -0.766. The van der Waals surface area contributed by atoms with E-state index in [1.54, 1.807) is 0 Å². The van der Waals surface area contributed by atoms with Crippen LogP contribution in [-0.2, 0) is 4.74 Å². The number of unbranched alkanes of at least 4 members (excludes halogenated alkanes) is 2. The van der Waals surface area contributed by atoms with Crippen LogP contribution in [0.15, 0.2) is 12.2 Å². The molecular formula is C18H34O3Si. The molecule has 22 heavy (non-hydrogen) atoms. The molecular weight excluding hydrogens is 292 g/mol. The van der Waals surface area contributed by atoms with Gasteiger partial charge in [0.15, 0.2) is 6.29 Å². The number of hydrogen-bond acceptors (Lipinski definition) is 3. The zero-order chi connectivity index (χ0) is 16.3. The minimum absolute atomic E-state index is 0.231. The first-order chi connectivity index (χ1) is 10.3. The average molecular weight is 327 g/mol. The summed E-state index contributed by atoms with van der Waals surface area (Å²) in [5.74, 6) is 0.920. The molecule has 4 unspecified atom stereocenters. The molecule has 0 spiro atoms. The fourth-order valence-corrected chi connectivity index (χ4v) is 6.37. The monoisotopic (exact) mass is 326 g/mol. The standard InChI is InChI=1S/C18H34O3Si/c1-5-6-7-9-18(2,20)10-8-13-14-11-17(19)21-15(14)12-16(13)22(3)4/h8,10,13-17,19-20,22H,5-7,9,11-12H2,1-4H3/b10-8+/t13-,14?,15+,16?,17?,18?/m1/s1. The Labute approximate surface area is 137 Å². The highest BCUT2D eigenvalue weighted by molar-refractivity contribution is 6.57. The van der Waals surface area contributed by atoms with Gasteiger partial charge in [-0.25, -0.2) is 0 Å². The molecule has 2 N–H and O–H groups in total. The lowest BCUT2D eigenvalue weighted by Crippen LogP contribution is -2.24. The van der Waals surface area contributed by atoms with Crippen LogP contribution < -0.4 is 0 Å². The van der Waals surface area contributed by atoms with Gasteiger partial charge in [-0.1, -0.05) is 51.4 Å². The zero-order valence-electron chi connectivity index (χ0n) is 14.7. The minimum Gasteiger partial charge on any atom is -0.386 e. The van der Waals surface area contributed by atoms with Gasteiger partial charge in [-0.2, -0.15) is 0 Å². The lowest BCUT2D eigenvalue weighted by atomic mass is 9.89. The second-order valence-electron chi connectivity index (χ2n) is 7.92. The van der Waals surface area contributed by atoms with E-state index in [2.05, 4.69) is 26.1 Å². The zero-order valence-corrected chi connectivity index (χ0v) is 15.8. The number of aliphatic hydroxyl groups is 2.